The maximum Gasteiger partial charge on any atom is 0.0475 e. The van der Waals surface area contributed by atoms with E-state index < -0.39 is 0 Å². The number of benzene rings is 1. The molecule has 0 bridgehead atoms. The second kappa shape index (κ2) is 4.26. The van der Waals surface area contributed by atoms with E-state index in [4.69, 9.17) is 0 Å². The summed E-state index contributed by atoms with van der Waals surface area (Å²) in [7, 11) is 0. The molecule has 2 aromatic rings. The van der Waals surface area contributed by atoms with Gasteiger partial charge in [-0.15, -0.1) is 0 Å². The average molecular weight is 197 g/mol. The van der Waals surface area contributed by atoms with Gasteiger partial charge in [-0.05, 0) is 24.6 Å². The summed E-state index contributed by atoms with van der Waals surface area (Å²) in [6.07, 6.45) is 1.85. The van der Waals surface area contributed by atoms with Gasteiger partial charge in [0, 0.05) is 17.8 Å². The summed E-state index contributed by atoms with van der Waals surface area (Å²) in [6.45, 7) is 4.29. The molecule has 0 aliphatic carbocycles. The first-order valence-corrected chi connectivity index (χ1v) is 5.25. The molecule has 0 fully saturated rings. The molecule has 0 aliphatic heterocycles. The molecular weight excluding hydrogens is 182 g/mol. The molecule has 15 heavy (non-hydrogen) atoms. The molecule has 0 saturated heterocycles. The molecule has 0 amide bonds. The highest BCUT2D eigenvalue weighted by molar-refractivity contribution is 5.29. The lowest BCUT2D eigenvalue weighted by Gasteiger charge is -2.11. The lowest BCUT2D eigenvalue weighted by Crippen LogP contribution is -1.98. The topological polar surface area (TPSA) is 12.9 Å². The van der Waals surface area contributed by atoms with Gasteiger partial charge in [0.1, 0.15) is 0 Å². The number of aryl methyl sites for hydroxylation is 1. The Hall–Kier alpha value is -1.63. The van der Waals surface area contributed by atoms with Gasteiger partial charge in [0.05, 0.1) is 0 Å². The van der Waals surface area contributed by atoms with Crippen LogP contribution in [0.25, 0.3) is 0 Å². The third-order valence-electron chi connectivity index (χ3n) is 2.71. The van der Waals surface area contributed by atoms with Crippen LogP contribution in [0.1, 0.15) is 29.7 Å². The summed E-state index contributed by atoms with van der Waals surface area (Å²) in [4.78, 5) is 4.38. The van der Waals surface area contributed by atoms with Gasteiger partial charge in [-0.25, -0.2) is 0 Å². The van der Waals surface area contributed by atoms with E-state index in [1.165, 1.54) is 11.1 Å². The molecule has 1 aromatic carbocycles. The quantitative estimate of drug-likeness (QED) is 0.717. The molecule has 2 rings (SSSR count). The standard InChI is InChI=1S/C14H15N/c1-11-6-8-13(9-7-11)12(2)14-5-3-4-10-15-14/h3-10,12H,1-2H3/t12-/m0/s1. The molecule has 0 unspecified atom stereocenters. The molecule has 0 aliphatic rings. The van der Waals surface area contributed by atoms with E-state index in [9.17, 15) is 0 Å². The molecule has 0 radical (unpaired) electrons. The number of aromatic nitrogens is 1. The summed E-state index contributed by atoms with van der Waals surface area (Å²) in [5.41, 5.74) is 3.74. The SMILES string of the molecule is Cc1ccc([C@H](C)c2ccccn2)cc1. The van der Waals surface area contributed by atoms with Crippen molar-refractivity contribution in [2.45, 2.75) is 19.8 Å². The Bertz CT molecular complexity index is 417. The van der Waals surface area contributed by atoms with Gasteiger partial charge < -0.3 is 0 Å². The zero-order chi connectivity index (χ0) is 10.7. The Morgan fingerprint density at radius 2 is 1.73 bits per heavy atom. The average Bonchev–Trinajstić information content (AvgIpc) is 2.30. The van der Waals surface area contributed by atoms with Gasteiger partial charge in [-0.3, -0.25) is 4.98 Å². The number of pyridine rings is 1. The van der Waals surface area contributed by atoms with E-state index in [2.05, 4.69) is 49.2 Å². The zero-order valence-electron chi connectivity index (χ0n) is 9.14. The van der Waals surface area contributed by atoms with E-state index in [0.717, 1.165) is 5.69 Å². The van der Waals surface area contributed by atoms with Crippen molar-refractivity contribution >= 4 is 0 Å². The zero-order valence-corrected chi connectivity index (χ0v) is 9.14. The van der Waals surface area contributed by atoms with Gasteiger partial charge in [-0.1, -0.05) is 42.8 Å². The van der Waals surface area contributed by atoms with Gasteiger partial charge in [0.25, 0.3) is 0 Å². The van der Waals surface area contributed by atoms with E-state index in [0.29, 0.717) is 5.92 Å². The van der Waals surface area contributed by atoms with Crippen molar-refractivity contribution in [1.82, 2.24) is 4.98 Å². The number of hydrogen-bond acceptors (Lipinski definition) is 1. The van der Waals surface area contributed by atoms with Gasteiger partial charge in [-0.2, -0.15) is 0 Å². The monoisotopic (exact) mass is 197 g/mol. The molecule has 1 aromatic heterocycles. The van der Waals surface area contributed by atoms with Gasteiger partial charge in [0.15, 0.2) is 0 Å². The van der Waals surface area contributed by atoms with Crippen molar-refractivity contribution in [1.29, 1.82) is 0 Å². The minimum absolute atomic E-state index is 0.367. The first-order valence-electron chi connectivity index (χ1n) is 5.25. The maximum atomic E-state index is 4.38. The van der Waals surface area contributed by atoms with Crippen molar-refractivity contribution in [2.75, 3.05) is 0 Å². The van der Waals surface area contributed by atoms with E-state index in [1.54, 1.807) is 0 Å². The second-order valence-corrected chi connectivity index (χ2v) is 3.89. The van der Waals surface area contributed by atoms with Crippen molar-refractivity contribution in [3.63, 3.8) is 0 Å². The van der Waals surface area contributed by atoms with E-state index in [1.807, 2.05) is 18.3 Å². The third kappa shape index (κ3) is 2.24. The number of hydrogen-bond donors (Lipinski definition) is 0. The van der Waals surface area contributed by atoms with Crippen LogP contribution >= 0.6 is 0 Å². The highest BCUT2D eigenvalue weighted by Crippen LogP contribution is 2.21. The van der Waals surface area contributed by atoms with Gasteiger partial charge in [0.2, 0.25) is 0 Å². The van der Waals surface area contributed by atoms with E-state index >= 15 is 0 Å². The summed E-state index contributed by atoms with van der Waals surface area (Å²) < 4.78 is 0. The molecule has 1 heterocycles. The molecule has 0 saturated carbocycles. The third-order valence-corrected chi connectivity index (χ3v) is 2.71. The van der Waals surface area contributed by atoms with Crippen LogP contribution in [-0.2, 0) is 0 Å². The van der Waals surface area contributed by atoms with Crippen LogP contribution in [0.2, 0.25) is 0 Å². The Morgan fingerprint density at radius 1 is 1.00 bits per heavy atom. The highest BCUT2D eigenvalue weighted by Gasteiger charge is 2.08. The fourth-order valence-corrected chi connectivity index (χ4v) is 1.66. The molecule has 1 atom stereocenters. The van der Waals surface area contributed by atoms with Crippen molar-refractivity contribution in [3.05, 3.63) is 65.5 Å². The van der Waals surface area contributed by atoms with Gasteiger partial charge >= 0.3 is 0 Å². The Morgan fingerprint density at radius 3 is 2.33 bits per heavy atom. The number of rotatable bonds is 2. The number of nitrogens with zero attached hydrogens (tertiary/aromatic N) is 1. The fourth-order valence-electron chi connectivity index (χ4n) is 1.66. The predicted octanol–water partition coefficient (Wildman–Crippen LogP) is 3.54. The molecule has 1 nitrogen and oxygen atoms in total. The normalized spacial score (nSPS) is 12.4. The summed E-state index contributed by atoms with van der Waals surface area (Å²) in [6, 6.07) is 14.7. The molecule has 76 valence electrons. The van der Waals surface area contributed by atoms with Crippen molar-refractivity contribution in [3.8, 4) is 0 Å². The van der Waals surface area contributed by atoms with Crippen LogP contribution in [0.5, 0.6) is 0 Å². The van der Waals surface area contributed by atoms with Crippen LogP contribution < -0.4 is 0 Å². The fraction of sp³-hybridized carbons (Fsp3) is 0.214. The first kappa shape index (κ1) is 9.91. The second-order valence-electron chi connectivity index (χ2n) is 3.89. The van der Waals surface area contributed by atoms with Crippen LogP contribution in [0.4, 0.5) is 0 Å². The molecule has 1 heteroatoms. The minimum atomic E-state index is 0.367. The van der Waals surface area contributed by atoms with Crippen LogP contribution in [0, 0.1) is 6.92 Å². The predicted molar refractivity (Wildman–Crippen MR) is 62.9 cm³/mol. The van der Waals surface area contributed by atoms with Crippen LogP contribution in [-0.4, -0.2) is 4.98 Å². The Labute approximate surface area is 90.8 Å². The lowest BCUT2D eigenvalue weighted by atomic mass is 9.96. The molecular formula is C14H15N. The van der Waals surface area contributed by atoms with Crippen LogP contribution in [0.15, 0.2) is 48.7 Å². The smallest absolute Gasteiger partial charge is 0.0475 e. The van der Waals surface area contributed by atoms with Crippen molar-refractivity contribution < 1.29 is 0 Å². The molecule has 0 spiro atoms. The summed E-state index contributed by atoms with van der Waals surface area (Å²) in [5, 5.41) is 0. The molecule has 0 N–H and O–H groups in total. The highest BCUT2D eigenvalue weighted by atomic mass is 14.7. The summed E-state index contributed by atoms with van der Waals surface area (Å²) >= 11 is 0. The van der Waals surface area contributed by atoms with Crippen molar-refractivity contribution in [2.24, 2.45) is 0 Å². The minimum Gasteiger partial charge on any atom is -0.261 e. The Kier molecular flexibility index (Phi) is 2.82. The maximum absolute atomic E-state index is 4.38. The lowest BCUT2D eigenvalue weighted by molar-refractivity contribution is 0.871. The first-order chi connectivity index (χ1) is 7.27. The van der Waals surface area contributed by atoms with E-state index in [-0.39, 0.29) is 0 Å². The Balaban J connectivity index is 2.29. The van der Waals surface area contributed by atoms with Crippen LogP contribution in [0.3, 0.4) is 0 Å². The largest absolute Gasteiger partial charge is 0.261 e. The summed E-state index contributed by atoms with van der Waals surface area (Å²) in [5.74, 6) is 0.367.